The molecule has 0 spiro atoms. The minimum Gasteiger partial charge on any atom is -0.468 e. The van der Waals surface area contributed by atoms with Crippen molar-refractivity contribution in [1.29, 1.82) is 0 Å². The van der Waals surface area contributed by atoms with Crippen molar-refractivity contribution < 1.29 is 23.2 Å². The van der Waals surface area contributed by atoms with E-state index in [9.17, 15) is 14.0 Å². The summed E-state index contributed by atoms with van der Waals surface area (Å²) >= 11 is 0. The number of rotatable bonds is 5. The van der Waals surface area contributed by atoms with E-state index in [1.807, 2.05) is 6.92 Å². The van der Waals surface area contributed by atoms with Crippen molar-refractivity contribution in [3.8, 4) is 0 Å². The maximum absolute atomic E-state index is 13.5. The highest BCUT2D eigenvalue weighted by Crippen LogP contribution is 2.22. The molecule has 6 nitrogen and oxygen atoms in total. The molecule has 0 aliphatic heterocycles. The number of hydrogen-bond acceptors (Lipinski definition) is 5. The van der Waals surface area contributed by atoms with Crippen LogP contribution in [0.1, 0.15) is 28.7 Å². The highest BCUT2D eigenvalue weighted by molar-refractivity contribution is 6.09. The van der Waals surface area contributed by atoms with Crippen LogP contribution in [0.5, 0.6) is 0 Å². The molecule has 0 saturated heterocycles. The molecule has 0 aliphatic rings. The maximum atomic E-state index is 13.5. The molecule has 122 valence electrons. The first-order valence-electron chi connectivity index (χ1n) is 7.07. The monoisotopic (exact) mass is 320 g/mol. The number of aromatic nitrogens is 1. The van der Waals surface area contributed by atoms with E-state index >= 15 is 0 Å². The van der Waals surface area contributed by atoms with Gasteiger partial charge in [-0.15, -0.1) is 0 Å². The Morgan fingerprint density at radius 1 is 1.39 bits per heavy atom. The Balaban J connectivity index is 2.46. The molecule has 0 saturated carbocycles. The zero-order valence-corrected chi connectivity index (χ0v) is 13.1. The molecule has 1 aromatic carbocycles. The lowest BCUT2D eigenvalue weighted by molar-refractivity contribution is -0.138. The molecule has 1 aromatic heterocycles. The zero-order valence-electron chi connectivity index (χ0n) is 13.1. The topological polar surface area (TPSA) is 72.6 Å². The van der Waals surface area contributed by atoms with Crippen molar-refractivity contribution in [2.24, 2.45) is 0 Å². The number of esters is 1. The molecule has 1 heterocycles. The second kappa shape index (κ2) is 7.04. The molecule has 7 heteroatoms. The molecule has 2 aromatic rings. The molecule has 0 aliphatic carbocycles. The molecule has 0 N–H and O–H groups in total. The van der Waals surface area contributed by atoms with E-state index < -0.39 is 17.7 Å². The van der Waals surface area contributed by atoms with Crippen molar-refractivity contribution in [3.05, 3.63) is 47.1 Å². The van der Waals surface area contributed by atoms with Crippen molar-refractivity contribution in [1.82, 2.24) is 5.16 Å². The molecule has 0 unspecified atom stereocenters. The smallest absolute Gasteiger partial charge is 0.325 e. The summed E-state index contributed by atoms with van der Waals surface area (Å²) in [4.78, 5) is 25.7. The van der Waals surface area contributed by atoms with Crippen LogP contribution in [-0.4, -0.2) is 30.7 Å². The number of halogens is 1. The predicted molar refractivity (Wildman–Crippen MR) is 80.7 cm³/mol. The van der Waals surface area contributed by atoms with Crippen LogP contribution in [0.15, 0.2) is 28.8 Å². The van der Waals surface area contributed by atoms with Crippen LogP contribution < -0.4 is 4.90 Å². The molecule has 1 amide bonds. The van der Waals surface area contributed by atoms with Gasteiger partial charge in [-0.3, -0.25) is 14.5 Å². The van der Waals surface area contributed by atoms with Gasteiger partial charge in [0.15, 0.2) is 0 Å². The van der Waals surface area contributed by atoms with E-state index in [0.717, 1.165) is 4.90 Å². The number of methoxy groups -OCH3 is 1. The standard InChI is InChI=1S/C16H17FN2O4/c1-4-13-15(10(2)23-18-13)16(21)19(9-14(20)22-3)12-7-5-6-11(17)8-12/h5-8H,4,9H2,1-3H3. The van der Waals surface area contributed by atoms with E-state index in [1.165, 1.54) is 25.3 Å². The first-order chi connectivity index (χ1) is 11.0. The number of benzene rings is 1. The lowest BCUT2D eigenvalue weighted by atomic mass is 10.1. The van der Waals surface area contributed by atoms with Gasteiger partial charge in [0, 0.05) is 5.69 Å². The SMILES string of the molecule is CCc1noc(C)c1C(=O)N(CC(=O)OC)c1cccc(F)c1. The Morgan fingerprint density at radius 3 is 2.74 bits per heavy atom. The number of aryl methyl sites for hydroxylation is 2. The average Bonchev–Trinajstić information content (AvgIpc) is 2.92. The Bertz CT molecular complexity index is 727. The third-order valence-corrected chi connectivity index (χ3v) is 3.36. The summed E-state index contributed by atoms with van der Waals surface area (Å²) in [7, 11) is 1.22. The van der Waals surface area contributed by atoms with Gasteiger partial charge in [0.25, 0.3) is 5.91 Å². The lowest BCUT2D eigenvalue weighted by Gasteiger charge is -2.21. The maximum Gasteiger partial charge on any atom is 0.325 e. The Labute approximate surface area is 132 Å². The van der Waals surface area contributed by atoms with E-state index in [-0.39, 0.29) is 17.8 Å². The highest BCUT2D eigenvalue weighted by atomic mass is 19.1. The van der Waals surface area contributed by atoms with Crippen LogP contribution >= 0.6 is 0 Å². The number of anilines is 1. The summed E-state index contributed by atoms with van der Waals surface area (Å²) < 4.78 is 23.2. The summed E-state index contributed by atoms with van der Waals surface area (Å²) in [6.45, 7) is 3.11. The summed E-state index contributed by atoms with van der Waals surface area (Å²) in [6, 6.07) is 5.43. The summed E-state index contributed by atoms with van der Waals surface area (Å²) in [6.07, 6.45) is 0.494. The minimum atomic E-state index is -0.616. The minimum absolute atomic E-state index is 0.253. The van der Waals surface area contributed by atoms with Crippen LogP contribution in [-0.2, 0) is 16.0 Å². The Kier molecular flexibility index (Phi) is 5.10. The third kappa shape index (κ3) is 3.56. The average molecular weight is 320 g/mol. The number of hydrogen-bond donors (Lipinski definition) is 0. The quantitative estimate of drug-likeness (QED) is 0.792. The Hall–Kier alpha value is -2.70. The molecule has 0 fully saturated rings. The van der Waals surface area contributed by atoms with Gasteiger partial charge in [-0.05, 0) is 31.5 Å². The molecule has 0 radical (unpaired) electrons. The molecule has 0 bridgehead atoms. The van der Waals surface area contributed by atoms with E-state index in [1.54, 1.807) is 13.0 Å². The number of carbonyl (C=O) groups is 2. The van der Waals surface area contributed by atoms with Crippen molar-refractivity contribution in [2.45, 2.75) is 20.3 Å². The van der Waals surface area contributed by atoms with Gasteiger partial charge in [-0.2, -0.15) is 0 Å². The normalized spacial score (nSPS) is 10.4. The Morgan fingerprint density at radius 2 is 2.13 bits per heavy atom. The number of ether oxygens (including phenoxy) is 1. The first kappa shape index (κ1) is 16.7. The van der Waals surface area contributed by atoms with E-state index in [0.29, 0.717) is 17.9 Å². The molecule has 23 heavy (non-hydrogen) atoms. The number of nitrogens with zero attached hydrogens (tertiary/aromatic N) is 2. The summed E-state index contributed by atoms with van der Waals surface area (Å²) in [5.41, 5.74) is 1.02. The molecule has 0 atom stereocenters. The summed E-state index contributed by atoms with van der Waals surface area (Å²) in [5, 5.41) is 3.84. The van der Waals surface area contributed by atoms with Gasteiger partial charge in [0.1, 0.15) is 23.7 Å². The largest absolute Gasteiger partial charge is 0.468 e. The van der Waals surface area contributed by atoms with Crippen molar-refractivity contribution >= 4 is 17.6 Å². The number of carbonyl (C=O) groups excluding carboxylic acids is 2. The van der Waals surface area contributed by atoms with Crippen LogP contribution in [0.4, 0.5) is 10.1 Å². The third-order valence-electron chi connectivity index (χ3n) is 3.36. The molecule has 2 rings (SSSR count). The fourth-order valence-electron chi connectivity index (χ4n) is 2.19. The number of amides is 1. The first-order valence-corrected chi connectivity index (χ1v) is 7.07. The van der Waals surface area contributed by atoms with Crippen LogP contribution in [0, 0.1) is 12.7 Å². The second-order valence-electron chi connectivity index (χ2n) is 4.86. The van der Waals surface area contributed by atoms with Gasteiger partial charge in [-0.1, -0.05) is 18.1 Å². The van der Waals surface area contributed by atoms with Crippen LogP contribution in [0.3, 0.4) is 0 Å². The van der Waals surface area contributed by atoms with E-state index in [2.05, 4.69) is 9.89 Å². The van der Waals surface area contributed by atoms with Gasteiger partial charge in [-0.25, -0.2) is 4.39 Å². The van der Waals surface area contributed by atoms with Gasteiger partial charge in [0.2, 0.25) is 0 Å². The zero-order chi connectivity index (χ0) is 17.0. The van der Waals surface area contributed by atoms with Gasteiger partial charge < -0.3 is 9.26 Å². The van der Waals surface area contributed by atoms with E-state index in [4.69, 9.17) is 4.52 Å². The lowest BCUT2D eigenvalue weighted by Crippen LogP contribution is -2.37. The molecular formula is C16H17FN2O4. The van der Waals surface area contributed by atoms with Gasteiger partial charge in [0.05, 0.1) is 12.8 Å². The molecular weight excluding hydrogens is 303 g/mol. The van der Waals surface area contributed by atoms with Crippen LogP contribution in [0.25, 0.3) is 0 Å². The van der Waals surface area contributed by atoms with Crippen molar-refractivity contribution in [3.63, 3.8) is 0 Å². The summed E-state index contributed by atoms with van der Waals surface area (Å²) in [5.74, 6) is -1.27. The predicted octanol–water partition coefficient (Wildman–Crippen LogP) is 2.50. The highest BCUT2D eigenvalue weighted by Gasteiger charge is 2.27. The second-order valence-corrected chi connectivity index (χ2v) is 4.86. The van der Waals surface area contributed by atoms with Gasteiger partial charge >= 0.3 is 5.97 Å². The fraction of sp³-hybridized carbons (Fsp3) is 0.312. The fourth-order valence-corrected chi connectivity index (χ4v) is 2.19. The van der Waals surface area contributed by atoms with Crippen molar-refractivity contribution in [2.75, 3.05) is 18.6 Å². The van der Waals surface area contributed by atoms with Crippen LogP contribution in [0.2, 0.25) is 0 Å².